The van der Waals surface area contributed by atoms with E-state index in [1.165, 1.54) is 19.2 Å². The first-order valence-electron chi connectivity index (χ1n) is 11.9. The van der Waals surface area contributed by atoms with Crippen LogP contribution in [0.3, 0.4) is 0 Å². The van der Waals surface area contributed by atoms with Crippen LogP contribution in [0.2, 0.25) is 0 Å². The van der Waals surface area contributed by atoms with Crippen molar-refractivity contribution in [1.29, 1.82) is 0 Å². The monoisotopic (exact) mass is 519 g/mol. The molecule has 0 saturated heterocycles. The van der Waals surface area contributed by atoms with E-state index in [4.69, 9.17) is 14.9 Å². The Morgan fingerprint density at radius 3 is 2.55 bits per heavy atom. The molecule has 0 fully saturated rings. The molecule has 5 aromatic rings. The predicted molar refractivity (Wildman–Crippen MR) is 139 cm³/mol. The van der Waals surface area contributed by atoms with Crippen LogP contribution in [0.5, 0.6) is 5.75 Å². The van der Waals surface area contributed by atoms with Gasteiger partial charge in [-0.3, -0.25) is 4.79 Å². The normalized spacial score (nSPS) is 12.6. The van der Waals surface area contributed by atoms with Crippen LogP contribution < -0.4 is 15.8 Å². The number of nitrogens with one attached hydrogen (secondary N) is 1. The number of fused-ring (bicyclic) bond motifs is 2. The van der Waals surface area contributed by atoms with Crippen molar-refractivity contribution in [2.24, 2.45) is 5.73 Å². The van der Waals surface area contributed by atoms with Crippen molar-refractivity contribution in [1.82, 2.24) is 10.3 Å². The lowest BCUT2D eigenvalue weighted by molar-refractivity contribution is -0.140. The topological polar surface area (TPSA) is 90.4 Å². The van der Waals surface area contributed by atoms with E-state index in [2.05, 4.69) is 10.3 Å². The summed E-state index contributed by atoms with van der Waals surface area (Å²) in [5.41, 5.74) is 6.55. The Balaban J connectivity index is 1.52. The van der Waals surface area contributed by atoms with E-state index in [-0.39, 0.29) is 46.8 Å². The van der Waals surface area contributed by atoms with Crippen molar-refractivity contribution in [3.05, 3.63) is 95.4 Å². The van der Waals surface area contributed by atoms with Crippen LogP contribution in [0.15, 0.2) is 77.2 Å². The molecule has 1 atom stereocenters. The number of carbonyl (C=O) groups excluding carboxylic acids is 1. The van der Waals surface area contributed by atoms with Gasteiger partial charge in [-0.05, 0) is 53.6 Å². The molecule has 3 N–H and O–H groups in total. The zero-order valence-corrected chi connectivity index (χ0v) is 20.6. The first-order chi connectivity index (χ1) is 18.2. The number of amides is 1. The molecule has 9 heteroatoms. The molecule has 194 valence electrons. The molecule has 5 rings (SSSR count). The molecule has 6 nitrogen and oxygen atoms in total. The minimum atomic E-state index is -4.61. The van der Waals surface area contributed by atoms with E-state index in [1.54, 1.807) is 12.1 Å². The number of rotatable bonds is 6. The SMILES string of the molecule is COc1ccc(-c2cc(C(=O)N[C@@H](C)c3cccc4ccccc34)c(CN)o2)c2ccc(C(F)(F)F)nc12. The second-order valence-corrected chi connectivity index (χ2v) is 8.82. The first kappa shape index (κ1) is 25.3. The largest absolute Gasteiger partial charge is 0.494 e. The van der Waals surface area contributed by atoms with Crippen LogP contribution in [0, 0.1) is 0 Å². The number of furan rings is 1. The average Bonchev–Trinajstić information content (AvgIpc) is 3.35. The highest BCUT2D eigenvalue weighted by Gasteiger charge is 2.33. The van der Waals surface area contributed by atoms with Crippen LogP contribution in [0.1, 0.15) is 40.3 Å². The molecule has 0 unspecified atom stereocenters. The van der Waals surface area contributed by atoms with E-state index >= 15 is 0 Å². The minimum absolute atomic E-state index is 0.0288. The summed E-state index contributed by atoms with van der Waals surface area (Å²) in [6, 6.07) is 20.4. The number of nitrogens with zero attached hydrogens (tertiary/aromatic N) is 1. The van der Waals surface area contributed by atoms with E-state index in [0.717, 1.165) is 22.4 Å². The fourth-order valence-electron chi connectivity index (χ4n) is 4.61. The van der Waals surface area contributed by atoms with Crippen molar-refractivity contribution in [2.75, 3.05) is 7.11 Å². The third kappa shape index (κ3) is 4.56. The van der Waals surface area contributed by atoms with Gasteiger partial charge in [0.2, 0.25) is 0 Å². The second kappa shape index (κ2) is 9.83. The van der Waals surface area contributed by atoms with E-state index < -0.39 is 11.9 Å². The number of carbonyl (C=O) groups is 1. The summed E-state index contributed by atoms with van der Waals surface area (Å²) in [7, 11) is 1.36. The van der Waals surface area contributed by atoms with E-state index in [0.29, 0.717) is 10.9 Å². The number of aromatic nitrogens is 1. The number of hydrogen-bond donors (Lipinski definition) is 2. The Morgan fingerprint density at radius 1 is 1.05 bits per heavy atom. The molecular weight excluding hydrogens is 495 g/mol. The summed E-state index contributed by atoms with van der Waals surface area (Å²) >= 11 is 0. The molecule has 0 saturated carbocycles. The van der Waals surface area contributed by atoms with Gasteiger partial charge in [-0.25, -0.2) is 4.98 Å². The highest BCUT2D eigenvalue weighted by molar-refractivity contribution is 6.00. The van der Waals surface area contributed by atoms with Gasteiger partial charge >= 0.3 is 6.18 Å². The van der Waals surface area contributed by atoms with Crippen LogP contribution >= 0.6 is 0 Å². The minimum Gasteiger partial charge on any atom is -0.494 e. The summed E-state index contributed by atoms with van der Waals surface area (Å²) in [5.74, 6) is 0.340. The summed E-state index contributed by atoms with van der Waals surface area (Å²) < 4.78 is 51.1. The van der Waals surface area contributed by atoms with Crippen molar-refractivity contribution < 1.29 is 27.1 Å². The van der Waals surface area contributed by atoms with E-state index in [1.807, 2.05) is 49.4 Å². The molecule has 0 bridgehead atoms. The fraction of sp³-hybridized carbons (Fsp3) is 0.172. The highest BCUT2D eigenvalue weighted by atomic mass is 19.4. The Morgan fingerprint density at radius 2 is 1.82 bits per heavy atom. The zero-order valence-electron chi connectivity index (χ0n) is 20.6. The maximum atomic E-state index is 13.3. The predicted octanol–water partition coefficient (Wildman–Crippen LogP) is 6.63. The Bertz CT molecular complexity index is 1650. The number of pyridine rings is 1. The second-order valence-electron chi connectivity index (χ2n) is 8.82. The third-order valence-corrected chi connectivity index (χ3v) is 6.47. The molecule has 2 heterocycles. The number of methoxy groups -OCH3 is 1. The zero-order chi connectivity index (χ0) is 27.0. The van der Waals surface area contributed by atoms with Crippen molar-refractivity contribution in [3.63, 3.8) is 0 Å². The first-order valence-corrected chi connectivity index (χ1v) is 11.9. The molecule has 0 aliphatic carbocycles. The maximum absolute atomic E-state index is 13.3. The van der Waals surface area contributed by atoms with Gasteiger partial charge in [0.1, 0.15) is 28.5 Å². The highest BCUT2D eigenvalue weighted by Crippen LogP contribution is 2.38. The number of nitrogens with two attached hydrogens (primary N) is 1. The van der Waals surface area contributed by atoms with Crippen molar-refractivity contribution >= 4 is 27.6 Å². The Kier molecular flexibility index (Phi) is 6.54. The molecule has 0 radical (unpaired) electrons. The van der Waals surface area contributed by atoms with Gasteiger partial charge in [-0.15, -0.1) is 0 Å². The standard InChI is InChI=1S/C29H24F3N3O3/c1-16(18-9-5-7-17-6-3-4-8-19(17)18)34-28(36)22-14-24(38-25(22)15-33)20-10-12-23(37-2)27-21(20)11-13-26(35-27)29(30,31)32/h3-14,16H,15,33H2,1-2H3,(H,34,36)/t16-/m0/s1. The average molecular weight is 520 g/mol. The molecule has 1 amide bonds. The van der Waals surface area contributed by atoms with Gasteiger partial charge in [0, 0.05) is 10.9 Å². The molecule has 2 aromatic heterocycles. The summed E-state index contributed by atoms with van der Waals surface area (Å²) in [5, 5.41) is 5.49. The van der Waals surface area contributed by atoms with Gasteiger partial charge in [0.25, 0.3) is 5.91 Å². The molecule has 38 heavy (non-hydrogen) atoms. The van der Waals surface area contributed by atoms with E-state index in [9.17, 15) is 18.0 Å². The van der Waals surface area contributed by atoms with Crippen LogP contribution in [-0.2, 0) is 12.7 Å². The lowest BCUT2D eigenvalue weighted by Gasteiger charge is -2.16. The molecule has 0 spiro atoms. The van der Waals surface area contributed by atoms with Crippen molar-refractivity contribution in [2.45, 2.75) is 25.7 Å². The number of alkyl halides is 3. The summed E-state index contributed by atoms with van der Waals surface area (Å²) in [6.07, 6.45) is -4.61. The summed E-state index contributed by atoms with van der Waals surface area (Å²) in [6.45, 7) is 1.85. The lowest BCUT2D eigenvalue weighted by atomic mass is 9.99. The van der Waals surface area contributed by atoms with Gasteiger partial charge < -0.3 is 20.2 Å². The van der Waals surface area contributed by atoms with Crippen molar-refractivity contribution in [3.8, 4) is 17.1 Å². The molecule has 0 aliphatic heterocycles. The molecule has 3 aromatic carbocycles. The number of ether oxygens (including phenoxy) is 1. The Labute approximate surface area is 216 Å². The van der Waals surface area contributed by atoms with Gasteiger partial charge in [-0.1, -0.05) is 42.5 Å². The number of hydrogen-bond acceptors (Lipinski definition) is 5. The number of halogens is 3. The fourth-order valence-corrected chi connectivity index (χ4v) is 4.61. The molecular formula is C29H24F3N3O3. The third-order valence-electron chi connectivity index (χ3n) is 6.47. The van der Waals surface area contributed by atoms with Crippen LogP contribution in [-0.4, -0.2) is 18.0 Å². The smallest absolute Gasteiger partial charge is 0.433 e. The van der Waals surface area contributed by atoms with Crippen LogP contribution in [0.4, 0.5) is 13.2 Å². The lowest BCUT2D eigenvalue weighted by Crippen LogP contribution is -2.27. The van der Waals surface area contributed by atoms with Gasteiger partial charge in [0.15, 0.2) is 0 Å². The van der Waals surface area contributed by atoms with Gasteiger partial charge in [0.05, 0.1) is 25.3 Å². The van der Waals surface area contributed by atoms with Gasteiger partial charge in [-0.2, -0.15) is 13.2 Å². The number of benzene rings is 3. The Hall–Kier alpha value is -4.37. The molecule has 0 aliphatic rings. The van der Waals surface area contributed by atoms with Crippen LogP contribution in [0.25, 0.3) is 33.0 Å². The maximum Gasteiger partial charge on any atom is 0.433 e. The summed E-state index contributed by atoms with van der Waals surface area (Å²) in [4.78, 5) is 17.1. The quantitative estimate of drug-likeness (QED) is 0.263.